The monoisotopic (exact) mass is 357 g/mol. The second kappa shape index (κ2) is 10.9. The zero-order chi connectivity index (χ0) is 17.3. The molecule has 0 atom stereocenters. The zero-order valence-corrected chi connectivity index (χ0v) is 15.9. The molecule has 0 aliphatic rings. The fraction of sp³-hybridized carbons (Fsp3) is 0.364. The summed E-state index contributed by atoms with van der Waals surface area (Å²) in [6, 6.07) is 19.4. The maximum atomic E-state index is 11.3. The van der Waals surface area contributed by atoms with Gasteiger partial charge in [0.15, 0.2) is 5.60 Å². The first-order valence-corrected chi connectivity index (χ1v) is 8.87. The summed E-state index contributed by atoms with van der Waals surface area (Å²) in [5.41, 5.74) is 0.374. The number of benzene rings is 2. The molecule has 2 nitrogen and oxygen atoms in total. The van der Waals surface area contributed by atoms with E-state index in [4.69, 9.17) is 0 Å². The van der Waals surface area contributed by atoms with Crippen LogP contribution in [-0.4, -0.2) is 24.7 Å². The average molecular weight is 358 g/mol. The van der Waals surface area contributed by atoms with E-state index in [2.05, 4.69) is 25.7 Å². The minimum atomic E-state index is -1.26. The summed E-state index contributed by atoms with van der Waals surface area (Å²) in [5, 5.41) is 11.3. The number of aliphatic hydroxyl groups is 1. The van der Waals surface area contributed by atoms with Gasteiger partial charge in [0.05, 0.1) is 13.1 Å². The molecule has 0 fully saturated rings. The summed E-state index contributed by atoms with van der Waals surface area (Å²) < 4.78 is 0. The van der Waals surface area contributed by atoms with Crippen LogP contribution in [0, 0.1) is 11.8 Å². The molecular weight excluding hydrogens is 330 g/mol. The van der Waals surface area contributed by atoms with Crippen molar-refractivity contribution < 1.29 is 22.4 Å². The summed E-state index contributed by atoms with van der Waals surface area (Å²) in [7, 11) is 0. The Bertz CT molecular complexity index is 615. The first-order valence-electron chi connectivity index (χ1n) is 8.87. The largest absolute Gasteiger partial charge is 1.00 e. The van der Waals surface area contributed by atoms with Crippen LogP contribution in [-0.2, 0) is 5.60 Å². The van der Waals surface area contributed by atoms with E-state index in [1.165, 1.54) is 4.90 Å². The molecule has 0 saturated heterocycles. The lowest BCUT2D eigenvalue weighted by atomic mass is 9.87. The average Bonchev–Trinajstić information content (AvgIpc) is 2.63. The van der Waals surface area contributed by atoms with Gasteiger partial charge in [-0.05, 0) is 18.8 Å². The van der Waals surface area contributed by atoms with Crippen LogP contribution in [0.3, 0.4) is 0 Å². The smallest absolute Gasteiger partial charge is 0.177 e. The normalized spacial score (nSPS) is 10.7. The van der Waals surface area contributed by atoms with Crippen molar-refractivity contribution in [2.45, 2.75) is 32.3 Å². The van der Waals surface area contributed by atoms with Gasteiger partial charge in [0, 0.05) is 11.1 Å². The molecule has 0 aliphatic carbocycles. The second-order valence-corrected chi connectivity index (χ2v) is 6.17. The molecule has 2 aromatic rings. The van der Waals surface area contributed by atoms with Gasteiger partial charge in [-0.25, -0.2) is 0 Å². The van der Waals surface area contributed by atoms with Crippen molar-refractivity contribution in [3.8, 4) is 11.8 Å². The lowest BCUT2D eigenvalue weighted by Gasteiger charge is -2.23. The lowest BCUT2D eigenvalue weighted by Crippen LogP contribution is -3.11. The third kappa shape index (κ3) is 5.90. The number of quaternary nitrogens is 1. The molecule has 0 aliphatic heterocycles. The Morgan fingerprint density at radius 1 is 0.840 bits per heavy atom. The van der Waals surface area contributed by atoms with Crippen molar-refractivity contribution >= 4 is 0 Å². The van der Waals surface area contributed by atoms with E-state index < -0.39 is 5.60 Å². The zero-order valence-electron chi connectivity index (χ0n) is 15.1. The van der Waals surface area contributed by atoms with Gasteiger partial charge in [-0.3, -0.25) is 0 Å². The van der Waals surface area contributed by atoms with Gasteiger partial charge in [-0.15, -0.1) is 0 Å². The van der Waals surface area contributed by atoms with Gasteiger partial charge in [0.25, 0.3) is 0 Å². The first-order chi connectivity index (χ1) is 11.7. The molecule has 3 heteroatoms. The van der Waals surface area contributed by atoms with E-state index in [-0.39, 0.29) is 12.4 Å². The standard InChI is InChI=1S/C22H27NO.ClH/c1-3-17-23(18-4-2)19-11-16-22(24,20-12-7-5-8-13-20)21-14-9-6-10-15-21;/h5-10,12-15,24H,3-4,17-19H2,1-2H3;1H. The molecule has 0 heterocycles. The SMILES string of the molecule is CCC[NH+](CC#CC(O)(c1ccccc1)c1ccccc1)CCC.[Cl-]. The topological polar surface area (TPSA) is 24.7 Å². The molecule has 2 N–H and O–H groups in total. The third-order valence-electron chi connectivity index (χ3n) is 4.20. The molecule has 0 unspecified atom stereocenters. The van der Waals surface area contributed by atoms with Crippen LogP contribution >= 0.6 is 0 Å². The Morgan fingerprint density at radius 2 is 1.28 bits per heavy atom. The number of rotatable bonds is 7. The van der Waals surface area contributed by atoms with Crippen LogP contribution in [0.2, 0.25) is 0 Å². The van der Waals surface area contributed by atoms with Crippen molar-refractivity contribution in [3.05, 3.63) is 71.8 Å². The number of hydrogen-bond donors (Lipinski definition) is 2. The van der Waals surface area contributed by atoms with E-state index in [0.29, 0.717) is 0 Å². The molecule has 2 aromatic carbocycles. The van der Waals surface area contributed by atoms with Crippen LogP contribution < -0.4 is 17.3 Å². The molecular formula is C22H28ClNO. The fourth-order valence-corrected chi connectivity index (χ4v) is 2.98. The first kappa shape index (κ1) is 21.3. The molecule has 0 radical (unpaired) electrons. The summed E-state index contributed by atoms with van der Waals surface area (Å²) in [6.45, 7) is 7.42. The second-order valence-electron chi connectivity index (χ2n) is 6.17. The molecule has 0 spiro atoms. The van der Waals surface area contributed by atoms with Crippen molar-refractivity contribution in [2.75, 3.05) is 19.6 Å². The van der Waals surface area contributed by atoms with Gasteiger partial charge in [-0.2, -0.15) is 0 Å². The highest BCUT2D eigenvalue weighted by Crippen LogP contribution is 2.28. The number of nitrogens with one attached hydrogen (secondary N) is 1. The predicted octanol–water partition coefficient (Wildman–Crippen LogP) is -0.365. The molecule has 0 bridgehead atoms. The molecule has 0 amide bonds. The highest BCUT2D eigenvalue weighted by Gasteiger charge is 2.29. The Kier molecular flexibility index (Phi) is 9.31. The van der Waals surface area contributed by atoms with Crippen LogP contribution in [0.5, 0.6) is 0 Å². The molecule has 25 heavy (non-hydrogen) atoms. The summed E-state index contributed by atoms with van der Waals surface area (Å²) in [6.07, 6.45) is 2.30. The molecule has 134 valence electrons. The van der Waals surface area contributed by atoms with Gasteiger partial charge in [-0.1, -0.05) is 80.4 Å². The molecule has 0 saturated carbocycles. The highest BCUT2D eigenvalue weighted by atomic mass is 35.5. The predicted molar refractivity (Wildman–Crippen MR) is 99.8 cm³/mol. The number of hydrogen-bond acceptors (Lipinski definition) is 1. The van der Waals surface area contributed by atoms with Crippen LogP contribution in [0.4, 0.5) is 0 Å². The Labute approximate surface area is 158 Å². The van der Waals surface area contributed by atoms with Crippen LogP contribution in [0.1, 0.15) is 37.8 Å². The quantitative estimate of drug-likeness (QED) is 0.650. The highest BCUT2D eigenvalue weighted by molar-refractivity contribution is 5.44. The van der Waals surface area contributed by atoms with E-state index in [1.807, 2.05) is 60.7 Å². The fourth-order valence-electron chi connectivity index (χ4n) is 2.98. The van der Waals surface area contributed by atoms with Crippen molar-refractivity contribution in [1.29, 1.82) is 0 Å². The summed E-state index contributed by atoms with van der Waals surface area (Å²) in [4.78, 5) is 1.48. The molecule has 2 rings (SSSR count). The van der Waals surface area contributed by atoms with Gasteiger partial charge in [0.2, 0.25) is 0 Å². The van der Waals surface area contributed by atoms with E-state index >= 15 is 0 Å². The van der Waals surface area contributed by atoms with Gasteiger partial charge in [0.1, 0.15) is 6.54 Å². The maximum absolute atomic E-state index is 11.3. The Morgan fingerprint density at radius 3 is 1.68 bits per heavy atom. The lowest BCUT2D eigenvalue weighted by molar-refractivity contribution is -0.892. The van der Waals surface area contributed by atoms with Crippen LogP contribution in [0.25, 0.3) is 0 Å². The maximum Gasteiger partial charge on any atom is 0.177 e. The Balaban J connectivity index is 0.00000312. The third-order valence-corrected chi connectivity index (χ3v) is 4.20. The van der Waals surface area contributed by atoms with E-state index in [0.717, 1.165) is 43.6 Å². The van der Waals surface area contributed by atoms with Crippen molar-refractivity contribution in [1.82, 2.24) is 0 Å². The van der Waals surface area contributed by atoms with E-state index in [1.54, 1.807) is 0 Å². The minimum absolute atomic E-state index is 0. The van der Waals surface area contributed by atoms with Gasteiger partial charge < -0.3 is 22.4 Å². The van der Waals surface area contributed by atoms with Gasteiger partial charge >= 0.3 is 0 Å². The summed E-state index contributed by atoms with van der Waals surface area (Å²) >= 11 is 0. The molecule has 0 aromatic heterocycles. The van der Waals surface area contributed by atoms with E-state index in [9.17, 15) is 5.11 Å². The van der Waals surface area contributed by atoms with Crippen molar-refractivity contribution in [2.24, 2.45) is 0 Å². The Hall–Kier alpha value is -1.79. The summed E-state index contributed by atoms with van der Waals surface area (Å²) in [5.74, 6) is 6.42. The minimum Gasteiger partial charge on any atom is -1.00 e. The number of halogens is 1. The van der Waals surface area contributed by atoms with Crippen molar-refractivity contribution in [3.63, 3.8) is 0 Å². The van der Waals surface area contributed by atoms with Crippen LogP contribution in [0.15, 0.2) is 60.7 Å².